The number of halogens is 1. The molecule has 0 aromatic heterocycles. The van der Waals surface area contributed by atoms with Crippen LogP contribution >= 0.6 is 12.4 Å². The van der Waals surface area contributed by atoms with E-state index in [1.807, 2.05) is 6.07 Å². The van der Waals surface area contributed by atoms with Gasteiger partial charge in [-0.25, -0.2) is 0 Å². The van der Waals surface area contributed by atoms with E-state index in [1.165, 1.54) is 14.2 Å². The van der Waals surface area contributed by atoms with Crippen LogP contribution in [0.25, 0.3) is 0 Å². The van der Waals surface area contributed by atoms with Crippen molar-refractivity contribution in [2.24, 2.45) is 5.73 Å². The molecule has 100 valence electrons. The fourth-order valence-corrected chi connectivity index (χ4v) is 1.55. The maximum absolute atomic E-state index is 11.7. The van der Waals surface area contributed by atoms with E-state index in [0.717, 1.165) is 0 Å². The van der Waals surface area contributed by atoms with E-state index >= 15 is 0 Å². The van der Waals surface area contributed by atoms with Gasteiger partial charge in [-0.3, -0.25) is 9.59 Å². The van der Waals surface area contributed by atoms with Gasteiger partial charge in [0.15, 0.2) is 0 Å². The Morgan fingerprint density at radius 3 is 2.00 bits per heavy atom. The monoisotopic (exact) mass is 273 g/mol. The molecule has 0 spiro atoms. The number of methoxy groups -OCH3 is 2. The molecular formula is C12H16ClNO4. The smallest absolute Gasteiger partial charge is 0.323 e. The van der Waals surface area contributed by atoms with Gasteiger partial charge in [-0.05, 0) is 5.56 Å². The minimum absolute atomic E-state index is 0. The highest BCUT2D eigenvalue weighted by atomic mass is 35.5. The van der Waals surface area contributed by atoms with Gasteiger partial charge in [0, 0.05) is 0 Å². The number of hydrogen-bond acceptors (Lipinski definition) is 5. The lowest BCUT2D eigenvalue weighted by Crippen LogP contribution is -2.41. The van der Waals surface area contributed by atoms with Gasteiger partial charge in [0.05, 0.1) is 14.2 Å². The molecular weight excluding hydrogens is 258 g/mol. The number of hydrogen-bond donors (Lipinski definition) is 1. The molecule has 0 bridgehead atoms. The predicted octanol–water partition coefficient (Wildman–Crippen LogP) is 0.865. The summed E-state index contributed by atoms with van der Waals surface area (Å²) in [6.07, 6.45) is 0. The standard InChI is InChI=1S/C12H15NO4.ClH/c1-16-11(14)9(10(13)12(15)17-2)8-6-4-3-5-7-8;/h3-7,9-10H,13H2,1-2H3;1H. The molecule has 1 aromatic carbocycles. The van der Waals surface area contributed by atoms with Gasteiger partial charge >= 0.3 is 11.9 Å². The molecule has 2 atom stereocenters. The van der Waals surface area contributed by atoms with Crippen molar-refractivity contribution in [3.05, 3.63) is 35.9 Å². The summed E-state index contributed by atoms with van der Waals surface area (Å²) >= 11 is 0. The maximum Gasteiger partial charge on any atom is 0.323 e. The average Bonchev–Trinajstić information content (AvgIpc) is 2.38. The van der Waals surface area contributed by atoms with Crippen molar-refractivity contribution in [1.82, 2.24) is 0 Å². The number of carbonyl (C=O) groups is 2. The number of nitrogens with two attached hydrogens (primary N) is 1. The molecule has 2 unspecified atom stereocenters. The van der Waals surface area contributed by atoms with Crippen LogP contribution in [0.15, 0.2) is 30.3 Å². The zero-order valence-electron chi connectivity index (χ0n) is 10.2. The van der Waals surface area contributed by atoms with Crippen LogP contribution < -0.4 is 5.73 Å². The van der Waals surface area contributed by atoms with Crippen molar-refractivity contribution in [1.29, 1.82) is 0 Å². The summed E-state index contributed by atoms with van der Waals surface area (Å²) in [5.74, 6) is -2.06. The molecule has 0 amide bonds. The van der Waals surface area contributed by atoms with E-state index in [9.17, 15) is 9.59 Å². The van der Waals surface area contributed by atoms with E-state index in [2.05, 4.69) is 9.47 Å². The van der Waals surface area contributed by atoms with Crippen LogP contribution in [0.2, 0.25) is 0 Å². The van der Waals surface area contributed by atoms with E-state index in [1.54, 1.807) is 24.3 Å². The van der Waals surface area contributed by atoms with Gasteiger partial charge in [-0.15, -0.1) is 12.4 Å². The van der Waals surface area contributed by atoms with Gasteiger partial charge in [0.2, 0.25) is 0 Å². The van der Waals surface area contributed by atoms with Crippen LogP contribution in [0, 0.1) is 0 Å². The van der Waals surface area contributed by atoms with Crippen LogP contribution in [-0.4, -0.2) is 32.2 Å². The number of ether oxygens (including phenoxy) is 2. The third kappa shape index (κ3) is 3.72. The van der Waals surface area contributed by atoms with Gasteiger partial charge in [0.25, 0.3) is 0 Å². The highest BCUT2D eigenvalue weighted by Gasteiger charge is 2.33. The van der Waals surface area contributed by atoms with E-state index in [-0.39, 0.29) is 12.4 Å². The third-order valence-corrected chi connectivity index (χ3v) is 2.45. The molecule has 2 N–H and O–H groups in total. The average molecular weight is 274 g/mol. The van der Waals surface area contributed by atoms with Crippen molar-refractivity contribution in [3.8, 4) is 0 Å². The highest BCUT2D eigenvalue weighted by Crippen LogP contribution is 2.20. The Bertz CT molecular complexity index is 396. The molecule has 0 radical (unpaired) electrons. The zero-order valence-corrected chi connectivity index (χ0v) is 11.0. The molecule has 0 saturated carbocycles. The van der Waals surface area contributed by atoms with Crippen molar-refractivity contribution in [2.45, 2.75) is 12.0 Å². The molecule has 0 saturated heterocycles. The van der Waals surface area contributed by atoms with Crippen LogP contribution in [0.5, 0.6) is 0 Å². The third-order valence-electron chi connectivity index (χ3n) is 2.45. The summed E-state index contributed by atoms with van der Waals surface area (Å²) in [6.45, 7) is 0. The molecule has 0 fully saturated rings. The second-order valence-corrected chi connectivity index (χ2v) is 3.46. The first-order valence-electron chi connectivity index (χ1n) is 5.08. The number of rotatable bonds is 4. The molecule has 18 heavy (non-hydrogen) atoms. The summed E-state index contributed by atoms with van der Waals surface area (Å²) in [7, 11) is 2.48. The minimum Gasteiger partial charge on any atom is -0.468 e. The topological polar surface area (TPSA) is 78.6 Å². The molecule has 0 aliphatic heterocycles. The first kappa shape index (κ1) is 16.4. The summed E-state index contributed by atoms with van der Waals surface area (Å²) in [5.41, 5.74) is 6.33. The highest BCUT2D eigenvalue weighted by molar-refractivity contribution is 5.88. The second-order valence-electron chi connectivity index (χ2n) is 3.46. The summed E-state index contributed by atoms with van der Waals surface area (Å²) < 4.78 is 9.19. The summed E-state index contributed by atoms with van der Waals surface area (Å²) in [4.78, 5) is 23.1. The molecule has 0 heterocycles. The van der Waals surface area contributed by atoms with Crippen LogP contribution in [0.1, 0.15) is 11.5 Å². The fourth-order valence-electron chi connectivity index (χ4n) is 1.55. The molecule has 6 heteroatoms. The minimum atomic E-state index is -1.07. The normalized spacial score (nSPS) is 12.8. The summed E-state index contributed by atoms with van der Waals surface area (Å²) in [5, 5.41) is 0. The maximum atomic E-state index is 11.7. The Labute approximate surface area is 112 Å². The Balaban J connectivity index is 0.00000289. The quantitative estimate of drug-likeness (QED) is 0.824. The molecule has 0 aliphatic rings. The van der Waals surface area contributed by atoms with Gasteiger partial charge in [0.1, 0.15) is 12.0 Å². The Hall–Kier alpha value is -1.59. The van der Waals surface area contributed by atoms with Gasteiger partial charge in [-0.1, -0.05) is 30.3 Å². The SMILES string of the molecule is COC(=O)C(N)C(C(=O)OC)c1ccccc1.Cl. The van der Waals surface area contributed by atoms with Gasteiger partial charge in [-0.2, -0.15) is 0 Å². The van der Waals surface area contributed by atoms with E-state index in [4.69, 9.17) is 5.73 Å². The van der Waals surface area contributed by atoms with Crippen LogP contribution in [0.3, 0.4) is 0 Å². The second kappa shape index (κ2) is 7.68. The largest absolute Gasteiger partial charge is 0.468 e. The van der Waals surface area contributed by atoms with E-state index < -0.39 is 23.9 Å². The lowest BCUT2D eigenvalue weighted by atomic mass is 9.92. The Morgan fingerprint density at radius 1 is 1.06 bits per heavy atom. The lowest BCUT2D eigenvalue weighted by molar-refractivity contribution is -0.150. The molecule has 1 aromatic rings. The van der Waals surface area contributed by atoms with Crippen LogP contribution in [0.4, 0.5) is 0 Å². The summed E-state index contributed by atoms with van der Waals surface area (Å²) in [6, 6.07) is 7.68. The molecule has 0 aliphatic carbocycles. The first-order valence-corrected chi connectivity index (χ1v) is 5.08. The number of esters is 2. The van der Waals surface area contributed by atoms with E-state index in [0.29, 0.717) is 5.56 Å². The zero-order chi connectivity index (χ0) is 12.8. The van der Waals surface area contributed by atoms with Crippen molar-refractivity contribution in [3.63, 3.8) is 0 Å². The predicted molar refractivity (Wildman–Crippen MR) is 68.4 cm³/mol. The molecule has 1 rings (SSSR count). The lowest BCUT2D eigenvalue weighted by Gasteiger charge is -2.19. The van der Waals surface area contributed by atoms with Crippen molar-refractivity contribution >= 4 is 24.3 Å². The fraction of sp³-hybridized carbons (Fsp3) is 0.333. The van der Waals surface area contributed by atoms with Crippen molar-refractivity contribution in [2.75, 3.05) is 14.2 Å². The first-order chi connectivity index (χ1) is 8.11. The van der Waals surface area contributed by atoms with Crippen molar-refractivity contribution < 1.29 is 19.1 Å². The Kier molecular flexibility index (Phi) is 7.00. The Morgan fingerprint density at radius 2 is 1.56 bits per heavy atom. The van der Waals surface area contributed by atoms with Crippen LogP contribution in [-0.2, 0) is 19.1 Å². The molecule has 5 nitrogen and oxygen atoms in total. The number of carbonyl (C=O) groups excluding carboxylic acids is 2. The van der Waals surface area contributed by atoms with Gasteiger partial charge < -0.3 is 15.2 Å². The number of benzene rings is 1.